The van der Waals surface area contributed by atoms with E-state index in [1.807, 2.05) is 6.92 Å². The van der Waals surface area contributed by atoms with Crippen LogP contribution in [0, 0.1) is 6.92 Å². The summed E-state index contributed by atoms with van der Waals surface area (Å²) in [4.78, 5) is 18.3. The fourth-order valence-electron chi connectivity index (χ4n) is 2.90. The Kier molecular flexibility index (Phi) is 7.57. The van der Waals surface area contributed by atoms with Crippen molar-refractivity contribution >= 4 is 17.6 Å². The Morgan fingerprint density at radius 1 is 1.24 bits per heavy atom. The highest BCUT2D eigenvalue weighted by atomic mass is 16.1. The Morgan fingerprint density at radius 3 is 2.68 bits per heavy atom. The Hall–Kier alpha value is -2.24. The van der Waals surface area contributed by atoms with E-state index in [2.05, 4.69) is 57.0 Å². The summed E-state index contributed by atoms with van der Waals surface area (Å²) in [7, 11) is 1.76. The van der Waals surface area contributed by atoms with E-state index in [1.165, 1.54) is 11.3 Å². The van der Waals surface area contributed by atoms with Crippen LogP contribution in [0.3, 0.4) is 0 Å². The first kappa shape index (κ1) is 19.1. The van der Waals surface area contributed by atoms with Gasteiger partial charge in [0, 0.05) is 51.4 Å². The molecule has 3 N–H and O–H groups in total. The number of anilines is 1. The molecule has 1 atom stereocenters. The van der Waals surface area contributed by atoms with Crippen LogP contribution < -0.4 is 20.9 Å². The molecule has 1 saturated heterocycles. The van der Waals surface area contributed by atoms with Gasteiger partial charge in [0.05, 0.1) is 0 Å². The molecule has 1 aromatic carbocycles. The molecule has 2 rings (SSSR count). The molecule has 1 aromatic rings. The van der Waals surface area contributed by atoms with Crippen molar-refractivity contribution in [3.63, 3.8) is 0 Å². The van der Waals surface area contributed by atoms with Crippen LogP contribution in [0.1, 0.15) is 31.7 Å². The van der Waals surface area contributed by atoms with E-state index in [4.69, 9.17) is 0 Å². The molecule has 0 saturated carbocycles. The molecule has 1 unspecified atom stereocenters. The number of benzene rings is 1. The van der Waals surface area contributed by atoms with Crippen LogP contribution in [-0.2, 0) is 4.79 Å². The van der Waals surface area contributed by atoms with Crippen molar-refractivity contribution in [3.8, 4) is 0 Å². The molecule has 6 nitrogen and oxygen atoms in total. The number of aryl methyl sites for hydroxylation is 1. The second-order valence-corrected chi connectivity index (χ2v) is 6.51. The Morgan fingerprint density at radius 2 is 2.00 bits per heavy atom. The second kappa shape index (κ2) is 9.91. The van der Waals surface area contributed by atoms with Gasteiger partial charge in [-0.05, 0) is 31.9 Å². The topological polar surface area (TPSA) is 68.8 Å². The molecule has 0 aliphatic carbocycles. The number of carbonyl (C=O) groups is 1. The average Bonchev–Trinajstić information content (AvgIpc) is 3.08. The lowest BCUT2D eigenvalue weighted by Crippen LogP contribution is -2.45. The third kappa shape index (κ3) is 6.29. The fourth-order valence-corrected chi connectivity index (χ4v) is 2.90. The first-order chi connectivity index (χ1) is 12.1. The van der Waals surface area contributed by atoms with E-state index in [0.29, 0.717) is 19.0 Å². The smallest absolute Gasteiger partial charge is 0.221 e. The lowest BCUT2D eigenvalue weighted by Gasteiger charge is -2.20. The van der Waals surface area contributed by atoms with Gasteiger partial charge in [0.15, 0.2) is 5.96 Å². The number of aliphatic imine (C=N–C) groups is 1. The molecule has 0 radical (unpaired) electrons. The largest absolute Gasteiger partial charge is 0.369 e. The molecule has 6 heteroatoms. The van der Waals surface area contributed by atoms with Crippen molar-refractivity contribution in [3.05, 3.63) is 29.8 Å². The van der Waals surface area contributed by atoms with Crippen LogP contribution in [-0.4, -0.2) is 51.1 Å². The van der Waals surface area contributed by atoms with Crippen molar-refractivity contribution < 1.29 is 4.79 Å². The van der Waals surface area contributed by atoms with Crippen molar-refractivity contribution in [2.24, 2.45) is 4.99 Å². The van der Waals surface area contributed by atoms with E-state index < -0.39 is 0 Å². The molecule has 1 heterocycles. The molecule has 138 valence electrons. The number of rotatable bonds is 7. The summed E-state index contributed by atoms with van der Waals surface area (Å²) in [6, 6.07) is 9.03. The first-order valence-corrected chi connectivity index (χ1v) is 9.18. The van der Waals surface area contributed by atoms with Gasteiger partial charge in [0.1, 0.15) is 0 Å². The maximum atomic E-state index is 11.6. The van der Waals surface area contributed by atoms with Gasteiger partial charge in [-0.3, -0.25) is 9.79 Å². The van der Waals surface area contributed by atoms with E-state index in [0.717, 1.165) is 38.4 Å². The fraction of sp³-hybridized carbons (Fsp3) is 0.579. The standard InChI is InChI=1S/C19H31N5O/c1-4-11-21-18(25)9-12-22-19(20-3)23-16-10-13-24(14-16)17-7-5-15(2)6-8-17/h5-8,16H,4,9-14H2,1-3H3,(H,21,25)(H2,20,22,23). The van der Waals surface area contributed by atoms with Crippen LogP contribution in [0.2, 0.25) is 0 Å². The summed E-state index contributed by atoms with van der Waals surface area (Å²) in [6.07, 6.45) is 2.49. The number of nitrogens with zero attached hydrogens (tertiary/aromatic N) is 2. The number of nitrogens with one attached hydrogen (secondary N) is 3. The number of amides is 1. The van der Waals surface area contributed by atoms with Gasteiger partial charge in [-0.2, -0.15) is 0 Å². The third-order valence-electron chi connectivity index (χ3n) is 4.37. The molecule has 0 bridgehead atoms. The van der Waals surface area contributed by atoms with Gasteiger partial charge in [-0.15, -0.1) is 0 Å². The van der Waals surface area contributed by atoms with Gasteiger partial charge in [-0.25, -0.2) is 0 Å². The quantitative estimate of drug-likeness (QED) is 0.519. The van der Waals surface area contributed by atoms with Crippen LogP contribution in [0.15, 0.2) is 29.3 Å². The minimum Gasteiger partial charge on any atom is -0.369 e. The average molecular weight is 345 g/mol. The number of hydrogen-bond acceptors (Lipinski definition) is 3. The van der Waals surface area contributed by atoms with Gasteiger partial charge >= 0.3 is 0 Å². The molecular formula is C19H31N5O. The van der Waals surface area contributed by atoms with E-state index >= 15 is 0 Å². The van der Waals surface area contributed by atoms with E-state index in [-0.39, 0.29) is 5.91 Å². The lowest BCUT2D eigenvalue weighted by atomic mass is 10.2. The summed E-state index contributed by atoms with van der Waals surface area (Å²) in [5, 5.41) is 9.56. The molecule has 1 aliphatic heterocycles. The number of hydrogen-bond donors (Lipinski definition) is 3. The monoisotopic (exact) mass is 345 g/mol. The SMILES string of the molecule is CCCNC(=O)CCNC(=NC)NC1CCN(c2ccc(C)cc2)C1. The number of carbonyl (C=O) groups excluding carboxylic acids is 1. The zero-order valence-electron chi connectivity index (χ0n) is 15.6. The van der Waals surface area contributed by atoms with Crippen molar-refractivity contribution in [1.29, 1.82) is 0 Å². The molecule has 1 aliphatic rings. The van der Waals surface area contributed by atoms with Gasteiger partial charge < -0.3 is 20.9 Å². The molecular weight excluding hydrogens is 314 g/mol. The molecule has 0 spiro atoms. The maximum Gasteiger partial charge on any atom is 0.221 e. The minimum absolute atomic E-state index is 0.0798. The predicted molar refractivity (Wildman–Crippen MR) is 104 cm³/mol. The highest BCUT2D eigenvalue weighted by Crippen LogP contribution is 2.20. The lowest BCUT2D eigenvalue weighted by molar-refractivity contribution is -0.120. The molecule has 1 fully saturated rings. The van der Waals surface area contributed by atoms with Gasteiger partial charge in [-0.1, -0.05) is 24.6 Å². The Balaban J connectivity index is 1.73. The highest BCUT2D eigenvalue weighted by molar-refractivity contribution is 5.81. The summed E-state index contributed by atoms with van der Waals surface area (Å²) in [6.45, 7) is 7.48. The van der Waals surface area contributed by atoms with Gasteiger partial charge in [0.2, 0.25) is 5.91 Å². The van der Waals surface area contributed by atoms with E-state index in [1.54, 1.807) is 7.05 Å². The van der Waals surface area contributed by atoms with Crippen molar-refractivity contribution in [2.45, 2.75) is 39.2 Å². The second-order valence-electron chi connectivity index (χ2n) is 6.51. The van der Waals surface area contributed by atoms with Crippen LogP contribution >= 0.6 is 0 Å². The zero-order chi connectivity index (χ0) is 18.1. The predicted octanol–water partition coefficient (Wildman–Crippen LogP) is 1.66. The van der Waals surface area contributed by atoms with Crippen molar-refractivity contribution in [2.75, 3.05) is 38.1 Å². The number of guanidine groups is 1. The molecule has 0 aromatic heterocycles. The Labute approximate surface area is 151 Å². The molecule has 1 amide bonds. The Bertz CT molecular complexity index is 570. The maximum absolute atomic E-state index is 11.6. The van der Waals surface area contributed by atoms with E-state index in [9.17, 15) is 4.79 Å². The summed E-state index contributed by atoms with van der Waals surface area (Å²) in [5.41, 5.74) is 2.55. The summed E-state index contributed by atoms with van der Waals surface area (Å²) < 4.78 is 0. The highest BCUT2D eigenvalue weighted by Gasteiger charge is 2.23. The van der Waals surface area contributed by atoms with Crippen LogP contribution in [0.5, 0.6) is 0 Å². The van der Waals surface area contributed by atoms with Crippen LogP contribution in [0.25, 0.3) is 0 Å². The normalized spacial score (nSPS) is 17.5. The third-order valence-corrected chi connectivity index (χ3v) is 4.37. The zero-order valence-corrected chi connectivity index (χ0v) is 15.6. The van der Waals surface area contributed by atoms with Crippen molar-refractivity contribution in [1.82, 2.24) is 16.0 Å². The van der Waals surface area contributed by atoms with Gasteiger partial charge in [0.25, 0.3) is 0 Å². The molecule has 25 heavy (non-hydrogen) atoms. The minimum atomic E-state index is 0.0798. The summed E-state index contributed by atoms with van der Waals surface area (Å²) in [5.74, 6) is 0.843. The summed E-state index contributed by atoms with van der Waals surface area (Å²) >= 11 is 0. The van der Waals surface area contributed by atoms with Crippen LogP contribution in [0.4, 0.5) is 5.69 Å². The first-order valence-electron chi connectivity index (χ1n) is 9.18.